The third-order valence-electron chi connectivity index (χ3n) is 4.67. The molecule has 0 atom stereocenters. The smallest absolute Gasteiger partial charge is 0.341 e. The molecule has 1 aliphatic rings. The number of aromatic nitrogens is 2. The third-order valence-corrected chi connectivity index (χ3v) is 4.67. The number of benzene rings is 1. The van der Waals surface area contributed by atoms with Crippen molar-refractivity contribution in [3.63, 3.8) is 0 Å². The Morgan fingerprint density at radius 2 is 1.83 bits per heavy atom. The number of nitrogen functional groups attached to an aromatic ring is 1. The summed E-state index contributed by atoms with van der Waals surface area (Å²) in [7, 11) is 0. The van der Waals surface area contributed by atoms with Crippen LogP contribution in [0.2, 0.25) is 0 Å². The summed E-state index contributed by atoms with van der Waals surface area (Å²) in [6.45, 7) is 0.298. The van der Waals surface area contributed by atoms with E-state index in [2.05, 4.69) is 4.98 Å². The van der Waals surface area contributed by atoms with Crippen molar-refractivity contribution in [2.24, 2.45) is 0 Å². The first-order chi connectivity index (χ1) is 13.7. The summed E-state index contributed by atoms with van der Waals surface area (Å²) in [6, 6.07) is 2.52. The van der Waals surface area contributed by atoms with Crippen LogP contribution in [-0.2, 0) is 0 Å². The predicted octanol–water partition coefficient (Wildman–Crippen LogP) is 1.26. The Kier molecular flexibility index (Phi) is 4.19. The van der Waals surface area contributed by atoms with Crippen LogP contribution in [-0.4, -0.2) is 44.9 Å². The topological polar surface area (TPSA) is 122 Å². The van der Waals surface area contributed by atoms with Crippen LogP contribution < -0.4 is 16.1 Å². The molecule has 29 heavy (non-hydrogen) atoms. The fourth-order valence-corrected chi connectivity index (χ4v) is 3.20. The van der Waals surface area contributed by atoms with Gasteiger partial charge in [-0.3, -0.25) is 9.36 Å². The van der Waals surface area contributed by atoms with Gasteiger partial charge in [0.15, 0.2) is 23.3 Å². The normalized spacial score (nSPS) is 14.3. The van der Waals surface area contributed by atoms with Crippen molar-refractivity contribution >= 4 is 28.4 Å². The Morgan fingerprint density at radius 3 is 2.45 bits per heavy atom. The minimum Gasteiger partial charge on any atom is -0.477 e. The second-order valence-electron chi connectivity index (χ2n) is 6.59. The Labute approximate surface area is 160 Å². The van der Waals surface area contributed by atoms with E-state index in [-0.39, 0.29) is 29.7 Å². The number of aromatic carboxylic acids is 1. The summed E-state index contributed by atoms with van der Waals surface area (Å²) >= 11 is 0. The zero-order valence-electron chi connectivity index (χ0n) is 14.6. The lowest BCUT2D eigenvalue weighted by Gasteiger charge is -2.38. The zero-order valence-corrected chi connectivity index (χ0v) is 14.6. The van der Waals surface area contributed by atoms with Gasteiger partial charge in [0.1, 0.15) is 11.4 Å². The van der Waals surface area contributed by atoms with Crippen molar-refractivity contribution in [1.82, 2.24) is 9.55 Å². The number of rotatable bonds is 3. The first-order valence-corrected chi connectivity index (χ1v) is 8.34. The number of hydrogen-bond acceptors (Lipinski definition) is 6. The van der Waals surface area contributed by atoms with E-state index in [4.69, 9.17) is 5.73 Å². The van der Waals surface area contributed by atoms with E-state index in [0.717, 1.165) is 16.8 Å². The molecule has 0 spiro atoms. The number of carbonyl (C=O) groups is 1. The quantitative estimate of drug-likeness (QED) is 0.599. The van der Waals surface area contributed by atoms with Gasteiger partial charge in [-0.05, 0) is 12.1 Å². The lowest BCUT2D eigenvalue weighted by molar-refractivity contribution is 0.0695. The molecule has 0 radical (unpaired) electrons. The average Bonchev–Trinajstić information content (AvgIpc) is 2.63. The molecule has 150 valence electrons. The number of aliphatic hydroxyl groups excluding tert-OH is 1. The fourth-order valence-electron chi connectivity index (χ4n) is 3.20. The van der Waals surface area contributed by atoms with E-state index in [1.807, 2.05) is 0 Å². The van der Waals surface area contributed by atoms with E-state index in [1.54, 1.807) is 0 Å². The molecule has 0 saturated carbocycles. The molecule has 0 amide bonds. The van der Waals surface area contributed by atoms with E-state index >= 15 is 0 Å². The zero-order chi connectivity index (χ0) is 21.0. The molecule has 0 unspecified atom stereocenters. The number of pyridine rings is 2. The summed E-state index contributed by atoms with van der Waals surface area (Å²) in [4.78, 5) is 29.1. The van der Waals surface area contributed by atoms with Crippen molar-refractivity contribution in [3.8, 4) is 5.82 Å². The van der Waals surface area contributed by atoms with Crippen molar-refractivity contribution < 1.29 is 28.2 Å². The number of nitrogens with two attached hydrogens (primary N) is 1. The molecule has 3 heterocycles. The number of anilines is 2. The van der Waals surface area contributed by atoms with Crippen LogP contribution in [0.15, 0.2) is 29.2 Å². The fraction of sp³-hybridized carbons (Fsp3) is 0.167. The molecule has 0 aliphatic carbocycles. The summed E-state index contributed by atoms with van der Waals surface area (Å²) in [6.07, 6.45) is 0.181. The summed E-state index contributed by atoms with van der Waals surface area (Å²) in [5.74, 6) is -5.91. The summed E-state index contributed by atoms with van der Waals surface area (Å²) in [5, 5.41) is 18.4. The maximum absolute atomic E-state index is 14.6. The second-order valence-corrected chi connectivity index (χ2v) is 6.59. The van der Waals surface area contributed by atoms with Gasteiger partial charge in [0.05, 0.1) is 22.7 Å². The lowest BCUT2D eigenvalue weighted by atomic mass is 10.1. The van der Waals surface area contributed by atoms with Crippen LogP contribution in [0.3, 0.4) is 0 Å². The average molecular weight is 406 g/mol. The molecule has 2 aromatic heterocycles. The molecular formula is C18H13F3N4O4. The van der Waals surface area contributed by atoms with Crippen molar-refractivity contribution in [3.05, 3.63) is 57.6 Å². The first-order valence-electron chi connectivity index (χ1n) is 8.34. The Balaban J connectivity index is 2.07. The number of fused-ring (bicyclic) bond motifs is 1. The number of carboxylic acid groups (broad SMARTS) is 1. The largest absolute Gasteiger partial charge is 0.477 e. The minimum absolute atomic E-state index is 0.0227. The highest BCUT2D eigenvalue weighted by Crippen LogP contribution is 2.30. The summed E-state index contributed by atoms with van der Waals surface area (Å²) < 4.78 is 43.4. The van der Waals surface area contributed by atoms with E-state index < -0.39 is 52.2 Å². The number of hydrogen-bond donors (Lipinski definition) is 3. The van der Waals surface area contributed by atoms with Crippen molar-refractivity contribution in [1.29, 1.82) is 0 Å². The minimum atomic E-state index is -1.61. The molecular weight excluding hydrogens is 393 g/mol. The number of β-amino-alcohol motifs (C(OH)–C–C–N with tert-alkyl or cyclic N) is 1. The SMILES string of the molecule is Nc1nc(-n2cc(C(=O)O)c(=O)c3cc(F)c(N4CC(O)C4)cc32)c(F)cc1F. The van der Waals surface area contributed by atoms with Gasteiger partial charge >= 0.3 is 5.97 Å². The Hall–Kier alpha value is -3.60. The highest BCUT2D eigenvalue weighted by molar-refractivity contribution is 5.94. The van der Waals surface area contributed by atoms with Gasteiger partial charge in [-0.2, -0.15) is 0 Å². The van der Waals surface area contributed by atoms with Crippen LogP contribution in [0.1, 0.15) is 10.4 Å². The number of halogens is 3. The van der Waals surface area contributed by atoms with E-state index in [1.165, 1.54) is 11.0 Å². The molecule has 4 rings (SSSR count). The van der Waals surface area contributed by atoms with Crippen LogP contribution in [0, 0.1) is 17.5 Å². The molecule has 3 aromatic rings. The highest BCUT2D eigenvalue weighted by atomic mass is 19.1. The van der Waals surface area contributed by atoms with Gasteiger partial charge < -0.3 is 20.8 Å². The first kappa shape index (κ1) is 18.7. The van der Waals surface area contributed by atoms with Crippen LogP contribution in [0.4, 0.5) is 24.7 Å². The molecule has 1 aliphatic heterocycles. The Bertz CT molecular complexity index is 1240. The van der Waals surface area contributed by atoms with Crippen molar-refractivity contribution in [2.75, 3.05) is 23.7 Å². The van der Waals surface area contributed by atoms with Gasteiger partial charge in [-0.25, -0.2) is 22.9 Å². The number of nitrogens with zero attached hydrogens (tertiary/aromatic N) is 3. The van der Waals surface area contributed by atoms with Crippen LogP contribution in [0.5, 0.6) is 0 Å². The highest BCUT2D eigenvalue weighted by Gasteiger charge is 2.28. The number of aliphatic hydroxyl groups is 1. The van der Waals surface area contributed by atoms with Gasteiger partial charge in [0.25, 0.3) is 0 Å². The second kappa shape index (κ2) is 6.48. The number of carboxylic acids is 1. The van der Waals surface area contributed by atoms with Gasteiger partial charge in [0, 0.05) is 25.4 Å². The molecule has 0 bridgehead atoms. The van der Waals surface area contributed by atoms with Gasteiger partial charge in [-0.1, -0.05) is 0 Å². The molecule has 4 N–H and O–H groups in total. The molecule has 8 nitrogen and oxygen atoms in total. The van der Waals surface area contributed by atoms with Gasteiger partial charge in [0.2, 0.25) is 5.43 Å². The lowest BCUT2D eigenvalue weighted by Crippen LogP contribution is -2.51. The Morgan fingerprint density at radius 1 is 1.14 bits per heavy atom. The van der Waals surface area contributed by atoms with Crippen LogP contribution >= 0.6 is 0 Å². The van der Waals surface area contributed by atoms with Gasteiger partial charge in [-0.15, -0.1) is 0 Å². The van der Waals surface area contributed by atoms with Crippen molar-refractivity contribution in [2.45, 2.75) is 6.10 Å². The molecule has 1 saturated heterocycles. The molecule has 1 aromatic carbocycles. The predicted molar refractivity (Wildman–Crippen MR) is 96.8 cm³/mol. The van der Waals surface area contributed by atoms with Crippen LogP contribution in [0.25, 0.3) is 16.7 Å². The standard InChI is InChI=1S/C18H13F3N4O4/c19-10-1-8-13(3-14(10)24-4-7(26)5-24)25(6-9(15(8)27)18(28)29)17-12(21)2-11(20)16(22)23-17/h1-3,6-7,26H,4-5H2,(H2,22,23)(H,28,29). The molecule has 11 heteroatoms. The molecule has 1 fully saturated rings. The summed E-state index contributed by atoms with van der Waals surface area (Å²) in [5.41, 5.74) is 3.63. The van der Waals surface area contributed by atoms with E-state index in [9.17, 15) is 33.0 Å². The maximum Gasteiger partial charge on any atom is 0.341 e. The maximum atomic E-state index is 14.6. The van der Waals surface area contributed by atoms with E-state index in [0.29, 0.717) is 6.07 Å². The monoisotopic (exact) mass is 406 g/mol. The third kappa shape index (κ3) is 2.95.